The highest BCUT2D eigenvalue weighted by Gasteiger charge is 1.99. The fourth-order valence-corrected chi connectivity index (χ4v) is 1.37. The van der Waals surface area contributed by atoms with Gasteiger partial charge in [0.15, 0.2) is 0 Å². The van der Waals surface area contributed by atoms with Gasteiger partial charge in [-0.2, -0.15) is 0 Å². The molecule has 4 heteroatoms. The molecule has 2 aromatic heterocycles. The largest absolute Gasteiger partial charge is 0.478 e. The van der Waals surface area contributed by atoms with E-state index in [4.69, 9.17) is 5.11 Å². The van der Waals surface area contributed by atoms with Crippen molar-refractivity contribution < 1.29 is 9.90 Å². The molecule has 0 bridgehead atoms. The second-order valence-corrected chi connectivity index (χ2v) is 3.36. The van der Waals surface area contributed by atoms with E-state index in [9.17, 15) is 4.79 Å². The molecule has 17 heavy (non-hydrogen) atoms. The Morgan fingerprint density at radius 3 is 2.65 bits per heavy atom. The lowest BCUT2D eigenvalue weighted by Crippen LogP contribution is -1.88. The average Bonchev–Trinajstić information content (AvgIpc) is 2.38. The van der Waals surface area contributed by atoms with Crippen molar-refractivity contribution in [2.24, 2.45) is 0 Å². The Hall–Kier alpha value is -2.49. The van der Waals surface area contributed by atoms with E-state index in [1.165, 1.54) is 6.08 Å². The molecule has 0 radical (unpaired) electrons. The Labute approximate surface area is 98.3 Å². The number of carboxylic acid groups (broad SMARTS) is 1. The van der Waals surface area contributed by atoms with Crippen LogP contribution in [0.1, 0.15) is 5.56 Å². The molecular weight excluding hydrogens is 216 g/mol. The molecule has 0 aliphatic heterocycles. The molecule has 2 rings (SSSR count). The molecule has 2 aromatic rings. The van der Waals surface area contributed by atoms with Gasteiger partial charge in [-0.25, -0.2) is 4.79 Å². The Morgan fingerprint density at radius 1 is 1.12 bits per heavy atom. The van der Waals surface area contributed by atoms with Crippen molar-refractivity contribution in [1.82, 2.24) is 9.97 Å². The number of carboxylic acids is 1. The van der Waals surface area contributed by atoms with E-state index in [-0.39, 0.29) is 0 Å². The average molecular weight is 226 g/mol. The van der Waals surface area contributed by atoms with Crippen LogP contribution in [-0.4, -0.2) is 21.0 Å². The highest BCUT2D eigenvalue weighted by atomic mass is 16.4. The first-order chi connectivity index (χ1) is 8.25. The summed E-state index contributed by atoms with van der Waals surface area (Å²) in [6, 6.07) is 9.10. The van der Waals surface area contributed by atoms with Gasteiger partial charge in [0.25, 0.3) is 0 Å². The van der Waals surface area contributed by atoms with Crippen LogP contribution in [0.5, 0.6) is 0 Å². The summed E-state index contributed by atoms with van der Waals surface area (Å²) in [5.41, 5.74) is 2.26. The maximum absolute atomic E-state index is 10.4. The molecule has 0 spiro atoms. The van der Waals surface area contributed by atoms with Gasteiger partial charge >= 0.3 is 5.97 Å². The van der Waals surface area contributed by atoms with E-state index >= 15 is 0 Å². The van der Waals surface area contributed by atoms with Gasteiger partial charge in [-0.05, 0) is 35.9 Å². The number of hydrogen-bond donors (Lipinski definition) is 1. The second-order valence-electron chi connectivity index (χ2n) is 3.36. The molecule has 1 N–H and O–H groups in total. The highest BCUT2D eigenvalue weighted by molar-refractivity contribution is 5.85. The van der Waals surface area contributed by atoms with E-state index in [2.05, 4.69) is 9.97 Å². The minimum absolute atomic E-state index is 0.720. The summed E-state index contributed by atoms with van der Waals surface area (Å²) in [7, 11) is 0. The van der Waals surface area contributed by atoms with Crippen LogP contribution in [0.4, 0.5) is 0 Å². The topological polar surface area (TPSA) is 63.1 Å². The van der Waals surface area contributed by atoms with E-state index in [0.717, 1.165) is 23.0 Å². The summed E-state index contributed by atoms with van der Waals surface area (Å²) in [5.74, 6) is -0.971. The van der Waals surface area contributed by atoms with Crippen molar-refractivity contribution in [2.75, 3.05) is 0 Å². The first-order valence-electron chi connectivity index (χ1n) is 5.04. The minimum Gasteiger partial charge on any atom is -0.478 e. The fraction of sp³-hybridized carbons (Fsp3) is 0. The summed E-state index contributed by atoms with van der Waals surface area (Å²) in [6.07, 6.45) is 5.94. The smallest absolute Gasteiger partial charge is 0.328 e. The van der Waals surface area contributed by atoms with Gasteiger partial charge in [0.05, 0.1) is 11.4 Å². The molecule has 0 aliphatic rings. The third-order valence-electron chi connectivity index (χ3n) is 2.13. The van der Waals surface area contributed by atoms with E-state index in [1.54, 1.807) is 24.5 Å². The normalized spacial score (nSPS) is 10.6. The van der Waals surface area contributed by atoms with Crippen molar-refractivity contribution in [1.29, 1.82) is 0 Å². The summed E-state index contributed by atoms with van der Waals surface area (Å²) in [5, 5.41) is 8.55. The zero-order valence-electron chi connectivity index (χ0n) is 8.95. The van der Waals surface area contributed by atoms with Gasteiger partial charge in [-0.1, -0.05) is 6.07 Å². The molecule has 4 nitrogen and oxygen atoms in total. The van der Waals surface area contributed by atoms with E-state index in [0.29, 0.717) is 0 Å². The Kier molecular flexibility index (Phi) is 3.25. The molecule has 0 saturated heterocycles. The quantitative estimate of drug-likeness (QED) is 0.815. The standard InChI is InChI=1S/C13H10N2O2/c16-13(17)5-4-10-6-8-15-12(9-10)11-3-1-2-7-14-11/h1-9H,(H,16,17)/b5-4+. The van der Waals surface area contributed by atoms with Gasteiger partial charge in [0, 0.05) is 18.5 Å². The summed E-state index contributed by atoms with van der Waals surface area (Å²) in [4.78, 5) is 18.8. The van der Waals surface area contributed by atoms with Crippen LogP contribution >= 0.6 is 0 Å². The van der Waals surface area contributed by atoms with Crippen LogP contribution in [0.3, 0.4) is 0 Å². The predicted octanol–water partition coefficient (Wildman–Crippen LogP) is 2.24. The maximum Gasteiger partial charge on any atom is 0.328 e. The number of pyridine rings is 2. The number of aromatic nitrogens is 2. The summed E-state index contributed by atoms with van der Waals surface area (Å²) in [6.45, 7) is 0. The molecular formula is C13H10N2O2. The lowest BCUT2D eigenvalue weighted by Gasteiger charge is -2.00. The Balaban J connectivity index is 2.32. The third-order valence-corrected chi connectivity index (χ3v) is 2.13. The summed E-state index contributed by atoms with van der Waals surface area (Å²) >= 11 is 0. The van der Waals surface area contributed by atoms with Crippen molar-refractivity contribution in [3.63, 3.8) is 0 Å². The van der Waals surface area contributed by atoms with E-state index < -0.39 is 5.97 Å². The number of hydrogen-bond acceptors (Lipinski definition) is 3. The van der Waals surface area contributed by atoms with Crippen LogP contribution in [-0.2, 0) is 4.79 Å². The van der Waals surface area contributed by atoms with Gasteiger partial charge in [0.2, 0.25) is 0 Å². The molecule has 0 saturated carbocycles. The zero-order chi connectivity index (χ0) is 12.1. The number of carbonyl (C=O) groups is 1. The van der Waals surface area contributed by atoms with Crippen molar-refractivity contribution >= 4 is 12.0 Å². The second kappa shape index (κ2) is 5.03. The molecule has 0 amide bonds. The number of nitrogens with zero attached hydrogens (tertiary/aromatic N) is 2. The Morgan fingerprint density at radius 2 is 1.94 bits per heavy atom. The van der Waals surface area contributed by atoms with Gasteiger partial charge in [-0.15, -0.1) is 0 Å². The molecule has 0 atom stereocenters. The molecule has 0 aromatic carbocycles. The van der Waals surface area contributed by atoms with Crippen LogP contribution < -0.4 is 0 Å². The Bertz CT molecular complexity index is 550. The van der Waals surface area contributed by atoms with Crippen molar-refractivity contribution in [3.05, 3.63) is 54.4 Å². The lowest BCUT2D eigenvalue weighted by molar-refractivity contribution is -0.131. The molecule has 0 aliphatic carbocycles. The number of rotatable bonds is 3. The van der Waals surface area contributed by atoms with Crippen LogP contribution in [0.15, 0.2) is 48.8 Å². The van der Waals surface area contributed by atoms with Crippen molar-refractivity contribution in [3.8, 4) is 11.4 Å². The van der Waals surface area contributed by atoms with Crippen LogP contribution in [0.25, 0.3) is 17.5 Å². The maximum atomic E-state index is 10.4. The van der Waals surface area contributed by atoms with Crippen molar-refractivity contribution in [2.45, 2.75) is 0 Å². The monoisotopic (exact) mass is 226 g/mol. The number of aliphatic carboxylic acids is 1. The SMILES string of the molecule is O=C(O)/C=C/c1ccnc(-c2ccccn2)c1. The first-order valence-corrected chi connectivity index (χ1v) is 5.04. The van der Waals surface area contributed by atoms with Crippen LogP contribution in [0, 0.1) is 0 Å². The third kappa shape index (κ3) is 2.98. The fourth-order valence-electron chi connectivity index (χ4n) is 1.37. The minimum atomic E-state index is -0.971. The van der Waals surface area contributed by atoms with E-state index in [1.807, 2.05) is 18.2 Å². The summed E-state index contributed by atoms with van der Waals surface area (Å²) < 4.78 is 0. The highest BCUT2D eigenvalue weighted by Crippen LogP contribution is 2.15. The van der Waals surface area contributed by atoms with Gasteiger partial charge in [-0.3, -0.25) is 9.97 Å². The first kappa shape index (κ1) is 11.0. The molecule has 2 heterocycles. The van der Waals surface area contributed by atoms with Gasteiger partial charge < -0.3 is 5.11 Å². The predicted molar refractivity (Wildman–Crippen MR) is 64.1 cm³/mol. The molecule has 0 unspecified atom stereocenters. The zero-order valence-corrected chi connectivity index (χ0v) is 8.95. The van der Waals surface area contributed by atoms with Crippen LogP contribution in [0.2, 0.25) is 0 Å². The molecule has 84 valence electrons. The molecule has 0 fully saturated rings. The lowest BCUT2D eigenvalue weighted by atomic mass is 10.1. The van der Waals surface area contributed by atoms with Gasteiger partial charge in [0.1, 0.15) is 0 Å².